The van der Waals surface area contributed by atoms with E-state index in [9.17, 15) is 9.90 Å². The van der Waals surface area contributed by atoms with E-state index in [1.165, 1.54) is 6.08 Å². The van der Waals surface area contributed by atoms with E-state index < -0.39 is 0 Å². The quantitative estimate of drug-likeness (QED) is 0.278. The van der Waals surface area contributed by atoms with E-state index >= 15 is 0 Å². The molecule has 0 aliphatic heterocycles. The monoisotopic (exact) mass is 447 g/mol. The van der Waals surface area contributed by atoms with Crippen LogP contribution in [0.15, 0.2) is 42.5 Å². The zero-order valence-corrected chi connectivity index (χ0v) is 22.9. The van der Waals surface area contributed by atoms with Gasteiger partial charge < -0.3 is 5.11 Å². The van der Waals surface area contributed by atoms with Gasteiger partial charge in [0.25, 0.3) is 0 Å². The smallest absolute Gasteiger partial charge is 0.185 e. The zero-order valence-electron chi connectivity index (χ0n) is 22.9. The maximum Gasteiger partial charge on any atom is 0.185 e. The van der Waals surface area contributed by atoms with Crippen molar-refractivity contribution in [3.63, 3.8) is 0 Å². The molecule has 0 aliphatic carbocycles. The molecule has 0 spiro atoms. The fourth-order valence-corrected chi connectivity index (χ4v) is 3.56. The first-order chi connectivity index (χ1) is 14.7. The topological polar surface area (TPSA) is 40.1 Å². The van der Waals surface area contributed by atoms with Gasteiger partial charge in [0.2, 0.25) is 0 Å². The minimum atomic E-state index is -0.241. The normalized spacial score (nSPS) is 13.9. The summed E-state index contributed by atoms with van der Waals surface area (Å²) in [6, 6.07) is 12.1. The average molecular weight is 448 g/mol. The van der Waals surface area contributed by atoms with Crippen LogP contribution in [0.2, 0.25) is 0 Å². The summed E-state index contributed by atoms with van der Waals surface area (Å²) in [7, 11) is 0. The fraction of sp³-hybridized carbons (Fsp3) is 0.516. The number of ketones is 1. The fourth-order valence-electron chi connectivity index (χ4n) is 3.56. The molecule has 180 valence electrons. The van der Waals surface area contributed by atoms with Crippen LogP contribution < -0.4 is 5.11 Å². The Bertz CT molecular complexity index is 992. The third-order valence-electron chi connectivity index (χ3n) is 6.16. The SMILES string of the molecule is CC(C)(C)c1cc(C(=O)/C=C(\[O-])c2cc(C(C)(C)C)cc(C(C)(C)C)c2)cc(C(C)(C)C)c1. The Balaban J connectivity index is 2.62. The Morgan fingerprint density at radius 3 is 1.09 bits per heavy atom. The summed E-state index contributed by atoms with van der Waals surface area (Å²) in [5.41, 5.74) is 5.17. The van der Waals surface area contributed by atoms with Crippen molar-refractivity contribution in [3.8, 4) is 0 Å². The molecule has 0 N–H and O–H groups in total. The van der Waals surface area contributed by atoms with Gasteiger partial charge in [-0.15, -0.1) is 0 Å². The van der Waals surface area contributed by atoms with Crippen molar-refractivity contribution in [3.05, 3.63) is 75.9 Å². The number of carbonyl (C=O) groups excluding carboxylic acids is 1. The van der Waals surface area contributed by atoms with Gasteiger partial charge in [-0.05, 0) is 67.7 Å². The van der Waals surface area contributed by atoms with Gasteiger partial charge in [0.05, 0.1) is 0 Å². The van der Waals surface area contributed by atoms with E-state index in [1.54, 1.807) is 0 Å². The van der Waals surface area contributed by atoms with E-state index in [0.717, 1.165) is 22.3 Å². The number of rotatable bonds is 3. The van der Waals surface area contributed by atoms with E-state index in [-0.39, 0.29) is 33.2 Å². The van der Waals surface area contributed by atoms with Crippen molar-refractivity contribution in [1.29, 1.82) is 0 Å². The van der Waals surface area contributed by atoms with E-state index in [4.69, 9.17) is 0 Å². The van der Waals surface area contributed by atoms with E-state index in [2.05, 4.69) is 95.2 Å². The van der Waals surface area contributed by atoms with E-state index in [0.29, 0.717) is 11.1 Å². The standard InChI is InChI=1S/C31H44O2/c1-28(2,3)22-13-20(14-23(17-22)29(4,5)6)26(32)19-27(33)21-15-24(30(7,8)9)18-25(16-21)31(10,11)12/h13-19,32H,1-12H3/p-1/b26-19-. The molecule has 0 heterocycles. The number of allylic oxidation sites excluding steroid dienone is 1. The molecule has 0 saturated carbocycles. The molecule has 0 bridgehead atoms. The minimum Gasteiger partial charge on any atom is -0.872 e. The van der Waals surface area contributed by atoms with Crippen molar-refractivity contribution in [2.75, 3.05) is 0 Å². The molecule has 0 amide bonds. The molecule has 0 fully saturated rings. The minimum absolute atomic E-state index is 0.0943. The third kappa shape index (κ3) is 6.82. The largest absolute Gasteiger partial charge is 0.872 e. The highest BCUT2D eigenvalue weighted by Crippen LogP contribution is 2.33. The van der Waals surface area contributed by atoms with Crippen LogP contribution in [-0.2, 0) is 21.7 Å². The van der Waals surface area contributed by atoms with Crippen LogP contribution in [0.5, 0.6) is 0 Å². The van der Waals surface area contributed by atoms with Gasteiger partial charge in [0, 0.05) is 5.56 Å². The Hall–Kier alpha value is -2.35. The Morgan fingerprint density at radius 2 is 0.818 bits per heavy atom. The molecule has 33 heavy (non-hydrogen) atoms. The molecular weight excluding hydrogens is 404 g/mol. The summed E-state index contributed by atoms with van der Waals surface area (Å²) < 4.78 is 0. The van der Waals surface area contributed by atoms with Crippen molar-refractivity contribution in [1.82, 2.24) is 0 Å². The zero-order chi connectivity index (χ0) is 25.6. The summed E-state index contributed by atoms with van der Waals surface area (Å²) in [4.78, 5) is 13.3. The molecule has 0 aromatic heterocycles. The summed E-state index contributed by atoms with van der Waals surface area (Å²) >= 11 is 0. The van der Waals surface area contributed by atoms with Crippen LogP contribution in [0, 0.1) is 0 Å². The van der Waals surface area contributed by atoms with Crippen LogP contribution in [0.25, 0.3) is 5.76 Å². The van der Waals surface area contributed by atoms with Gasteiger partial charge in [0.15, 0.2) is 5.78 Å². The lowest BCUT2D eigenvalue weighted by molar-refractivity contribution is -0.243. The van der Waals surface area contributed by atoms with Crippen LogP contribution in [0.4, 0.5) is 0 Å². The van der Waals surface area contributed by atoms with Gasteiger partial charge in [0.1, 0.15) is 0 Å². The molecule has 0 unspecified atom stereocenters. The van der Waals surface area contributed by atoms with Crippen LogP contribution in [0.3, 0.4) is 0 Å². The number of hydrogen-bond donors (Lipinski definition) is 0. The van der Waals surface area contributed by atoms with Crippen LogP contribution >= 0.6 is 0 Å². The molecule has 2 heteroatoms. The molecule has 0 atom stereocenters. The predicted octanol–water partition coefficient (Wildman–Crippen LogP) is 7.46. The highest BCUT2D eigenvalue weighted by Gasteiger charge is 2.23. The first-order valence-electron chi connectivity index (χ1n) is 11.9. The second-order valence-electron chi connectivity index (χ2n) is 13.5. The van der Waals surface area contributed by atoms with Crippen LogP contribution in [0.1, 0.15) is 121 Å². The predicted molar refractivity (Wildman–Crippen MR) is 140 cm³/mol. The lowest BCUT2D eigenvalue weighted by Crippen LogP contribution is -2.19. The molecule has 2 nitrogen and oxygen atoms in total. The Morgan fingerprint density at radius 1 is 0.545 bits per heavy atom. The Labute approximate surface area is 202 Å². The number of carbonyl (C=O) groups is 1. The van der Waals surface area contributed by atoms with Crippen molar-refractivity contribution < 1.29 is 9.90 Å². The summed E-state index contributed by atoms with van der Waals surface area (Å²) in [6.07, 6.45) is 1.27. The second-order valence-corrected chi connectivity index (χ2v) is 13.5. The maximum absolute atomic E-state index is 13.3. The van der Waals surface area contributed by atoms with Crippen molar-refractivity contribution in [2.24, 2.45) is 0 Å². The molecule has 0 aliphatic rings. The molecule has 2 rings (SSSR count). The summed E-state index contributed by atoms with van der Waals surface area (Å²) in [5, 5.41) is 13.3. The lowest BCUT2D eigenvalue weighted by atomic mass is 9.79. The van der Waals surface area contributed by atoms with Crippen molar-refractivity contribution >= 4 is 11.5 Å². The molecule has 2 aromatic carbocycles. The molecule has 0 radical (unpaired) electrons. The van der Waals surface area contributed by atoms with Gasteiger partial charge >= 0.3 is 0 Å². The first-order valence-corrected chi connectivity index (χ1v) is 11.9. The number of benzene rings is 2. The van der Waals surface area contributed by atoms with Gasteiger partial charge in [-0.2, -0.15) is 0 Å². The summed E-state index contributed by atoms with van der Waals surface area (Å²) in [6.45, 7) is 25.7. The lowest BCUT2D eigenvalue weighted by Gasteiger charge is -2.28. The third-order valence-corrected chi connectivity index (χ3v) is 6.16. The Kier molecular flexibility index (Phi) is 7.16. The molecular formula is C31H43O2-. The van der Waals surface area contributed by atoms with E-state index in [1.807, 2.05) is 24.3 Å². The first kappa shape index (κ1) is 26.9. The highest BCUT2D eigenvalue weighted by molar-refractivity contribution is 6.08. The average Bonchev–Trinajstić information content (AvgIpc) is 2.64. The van der Waals surface area contributed by atoms with Crippen molar-refractivity contribution in [2.45, 2.75) is 105 Å². The van der Waals surface area contributed by atoms with Crippen LogP contribution in [-0.4, -0.2) is 5.78 Å². The van der Waals surface area contributed by atoms with Gasteiger partial charge in [-0.3, -0.25) is 4.79 Å². The second kappa shape index (κ2) is 8.78. The maximum atomic E-state index is 13.3. The summed E-state index contributed by atoms with van der Waals surface area (Å²) in [5.74, 6) is -0.481. The molecule has 2 aromatic rings. The van der Waals surface area contributed by atoms with Gasteiger partial charge in [-0.1, -0.05) is 113 Å². The highest BCUT2D eigenvalue weighted by atomic mass is 16.3. The number of hydrogen-bond acceptors (Lipinski definition) is 2. The molecule has 0 saturated heterocycles. The van der Waals surface area contributed by atoms with Gasteiger partial charge in [-0.25, -0.2) is 0 Å².